The number of fused-ring (bicyclic) bond motifs is 1. The van der Waals surface area contributed by atoms with E-state index >= 15 is 0 Å². The minimum absolute atomic E-state index is 0.166. The van der Waals surface area contributed by atoms with E-state index < -0.39 is 0 Å². The lowest BCUT2D eigenvalue weighted by Crippen LogP contribution is -2.19. The van der Waals surface area contributed by atoms with Gasteiger partial charge in [0.05, 0.1) is 5.60 Å². The standard InChI is InChI=1S/C9H15O/c1-6-5-7-8(2,3)9(7,4)10-6/h6-7H,1,5H2,2-4H3/q-1. The summed E-state index contributed by atoms with van der Waals surface area (Å²) < 4.78 is 5.73. The van der Waals surface area contributed by atoms with Crippen LogP contribution in [0.5, 0.6) is 0 Å². The van der Waals surface area contributed by atoms with Gasteiger partial charge in [-0.2, -0.15) is 0 Å². The molecule has 1 nitrogen and oxygen atoms in total. The van der Waals surface area contributed by atoms with Gasteiger partial charge in [-0.05, 0) is 24.7 Å². The zero-order chi connectivity index (χ0) is 7.57. The fraction of sp³-hybridized carbons (Fsp3) is 0.889. The van der Waals surface area contributed by atoms with Gasteiger partial charge in [0.1, 0.15) is 0 Å². The molecule has 1 aliphatic heterocycles. The molecule has 3 atom stereocenters. The Hall–Kier alpha value is -0.0400. The zero-order valence-electron chi connectivity index (χ0n) is 6.98. The van der Waals surface area contributed by atoms with Crippen molar-refractivity contribution in [3.63, 3.8) is 0 Å². The highest BCUT2D eigenvalue weighted by molar-refractivity contribution is 5.21. The van der Waals surface area contributed by atoms with Crippen LogP contribution in [0, 0.1) is 18.3 Å². The van der Waals surface area contributed by atoms with E-state index in [1.54, 1.807) is 0 Å². The van der Waals surface area contributed by atoms with Crippen LogP contribution in [0.2, 0.25) is 0 Å². The molecule has 0 N–H and O–H groups in total. The molecule has 1 heterocycles. The molecule has 2 rings (SSSR count). The molecule has 0 bridgehead atoms. The van der Waals surface area contributed by atoms with Crippen molar-refractivity contribution in [1.82, 2.24) is 0 Å². The van der Waals surface area contributed by atoms with Gasteiger partial charge in [0, 0.05) is 0 Å². The molecule has 3 unspecified atom stereocenters. The van der Waals surface area contributed by atoms with Crippen LogP contribution in [-0.2, 0) is 4.74 Å². The number of hydrogen-bond donors (Lipinski definition) is 0. The second-order valence-corrected chi connectivity index (χ2v) is 4.36. The molecule has 0 aromatic rings. The molecular weight excluding hydrogens is 124 g/mol. The Labute approximate surface area is 62.8 Å². The second kappa shape index (κ2) is 1.42. The lowest BCUT2D eigenvalue weighted by atomic mass is 10.0. The zero-order valence-corrected chi connectivity index (χ0v) is 6.98. The monoisotopic (exact) mass is 139 g/mol. The maximum atomic E-state index is 5.73. The molecule has 0 aromatic carbocycles. The van der Waals surface area contributed by atoms with Gasteiger partial charge >= 0.3 is 0 Å². The van der Waals surface area contributed by atoms with Crippen molar-refractivity contribution in [2.24, 2.45) is 11.3 Å². The van der Waals surface area contributed by atoms with E-state index in [4.69, 9.17) is 4.74 Å². The van der Waals surface area contributed by atoms with E-state index in [2.05, 4.69) is 27.7 Å². The Morgan fingerprint density at radius 3 is 2.30 bits per heavy atom. The van der Waals surface area contributed by atoms with E-state index in [1.807, 2.05) is 0 Å². The van der Waals surface area contributed by atoms with Gasteiger partial charge in [-0.3, -0.25) is 0 Å². The van der Waals surface area contributed by atoms with Crippen LogP contribution in [0.4, 0.5) is 0 Å². The predicted octanol–water partition coefficient (Wildman–Crippen LogP) is 2.02. The predicted molar refractivity (Wildman–Crippen MR) is 40.5 cm³/mol. The van der Waals surface area contributed by atoms with Crippen molar-refractivity contribution < 1.29 is 4.74 Å². The summed E-state index contributed by atoms with van der Waals surface area (Å²) in [5.74, 6) is 0.766. The minimum Gasteiger partial charge on any atom is -0.403 e. The minimum atomic E-state index is 0.166. The first-order valence-corrected chi connectivity index (χ1v) is 3.99. The average Bonchev–Trinajstić information content (AvgIpc) is 2.21. The van der Waals surface area contributed by atoms with Crippen LogP contribution in [0.25, 0.3) is 0 Å². The molecule has 0 aromatic heterocycles. The van der Waals surface area contributed by atoms with Gasteiger partial charge in [-0.25, -0.2) is 0 Å². The molecule has 1 aliphatic carbocycles. The molecule has 2 aliphatic rings. The summed E-state index contributed by atoms with van der Waals surface area (Å²) in [6.07, 6.45) is 1.41. The van der Waals surface area contributed by atoms with Gasteiger partial charge < -0.3 is 11.7 Å². The molecule has 1 saturated heterocycles. The lowest BCUT2D eigenvalue weighted by molar-refractivity contribution is 0.00557. The van der Waals surface area contributed by atoms with Crippen LogP contribution in [0.3, 0.4) is 0 Å². The highest BCUT2D eigenvalue weighted by atomic mass is 16.5. The Kier molecular flexibility index (Phi) is 0.949. The normalized spacial score (nSPS) is 56.4. The molecular formula is C9H15O-. The summed E-state index contributed by atoms with van der Waals surface area (Å²) in [6.45, 7) is 10.7. The highest BCUT2D eigenvalue weighted by Crippen LogP contribution is 2.69. The topological polar surface area (TPSA) is 9.23 Å². The first-order valence-electron chi connectivity index (χ1n) is 3.99. The van der Waals surface area contributed by atoms with Crippen molar-refractivity contribution in [3.05, 3.63) is 6.92 Å². The Morgan fingerprint density at radius 1 is 1.40 bits per heavy atom. The van der Waals surface area contributed by atoms with E-state index in [9.17, 15) is 0 Å². The van der Waals surface area contributed by atoms with Crippen molar-refractivity contribution >= 4 is 0 Å². The smallest absolute Gasteiger partial charge is 0.0711 e. The summed E-state index contributed by atoms with van der Waals surface area (Å²) in [6, 6.07) is 0. The number of ether oxygens (including phenoxy) is 1. The molecule has 0 radical (unpaired) electrons. The first kappa shape index (κ1) is 6.66. The number of hydrogen-bond acceptors (Lipinski definition) is 1. The van der Waals surface area contributed by atoms with Gasteiger partial charge in [-0.1, -0.05) is 20.0 Å². The van der Waals surface area contributed by atoms with Gasteiger partial charge in [-0.15, -0.1) is 0 Å². The number of rotatable bonds is 0. The molecule has 58 valence electrons. The van der Waals surface area contributed by atoms with E-state index in [1.165, 1.54) is 0 Å². The van der Waals surface area contributed by atoms with Crippen molar-refractivity contribution in [3.8, 4) is 0 Å². The van der Waals surface area contributed by atoms with E-state index in [-0.39, 0.29) is 11.7 Å². The summed E-state index contributed by atoms with van der Waals surface area (Å²) >= 11 is 0. The third kappa shape index (κ3) is 0.493. The summed E-state index contributed by atoms with van der Waals surface area (Å²) in [5, 5.41) is 0. The van der Waals surface area contributed by atoms with Crippen LogP contribution in [-0.4, -0.2) is 11.7 Å². The van der Waals surface area contributed by atoms with Crippen LogP contribution < -0.4 is 0 Å². The fourth-order valence-electron chi connectivity index (χ4n) is 2.47. The Bertz CT molecular complexity index is 174. The summed E-state index contributed by atoms with van der Waals surface area (Å²) in [4.78, 5) is 0. The third-order valence-electron chi connectivity index (χ3n) is 3.64. The largest absolute Gasteiger partial charge is 0.403 e. The lowest BCUT2D eigenvalue weighted by Gasteiger charge is -2.22. The Morgan fingerprint density at radius 2 is 2.00 bits per heavy atom. The molecule has 10 heavy (non-hydrogen) atoms. The maximum Gasteiger partial charge on any atom is 0.0711 e. The average molecular weight is 139 g/mol. The molecule has 2 fully saturated rings. The highest BCUT2D eigenvalue weighted by Gasteiger charge is 2.71. The molecule has 0 spiro atoms. The third-order valence-corrected chi connectivity index (χ3v) is 3.64. The first-order chi connectivity index (χ1) is 4.48. The van der Waals surface area contributed by atoms with Gasteiger partial charge in [0.15, 0.2) is 0 Å². The van der Waals surface area contributed by atoms with E-state index in [0.717, 1.165) is 12.3 Å². The SMILES string of the molecule is [CH2-]C1CC2C(C)(C)C2(C)O1. The fourth-order valence-corrected chi connectivity index (χ4v) is 2.47. The van der Waals surface area contributed by atoms with Crippen molar-refractivity contribution in [1.29, 1.82) is 0 Å². The van der Waals surface area contributed by atoms with Crippen molar-refractivity contribution in [2.75, 3.05) is 0 Å². The van der Waals surface area contributed by atoms with E-state index in [0.29, 0.717) is 5.41 Å². The molecule has 0 amide bonds. The molecule has 1 heteroatoms. The quantitative estimate of drug-likeness (QED) is 0.466. The van der Waals surface area contributed by atoms with Gasteiger partial charge in [0.2, 0.25) is 0 Å². The molecule has 1 saturated carbocycles. The van der Waals surface area contributed by atoms with Crippen molar-refractivity contribution in [2.45, 2.75) is 38.9 Å². The Balaban J connectivity index is 2.20. The van der Waals surface area contributed by atoms with Crippen LogP contribution in [0.15, 0.2) is 0 Å². The van der Waals surface area contributed by atoms with Crippen LogP contribution >= 0.6 is 0 Å². The summed E-state index contributed by atoms with van der Waals surface area (Å²) in [5.41, 5.74) is 0.584. The van der Waals surface area contributed by atoms with Gasteiger partial charge in [0.25, 0.3) is 0 Å². The van der Waals surface area contributed by atoms with Crippen LogP contribution in [0.1, 0.15) is 27.2 Å². The maximum absolute atomic E-state index is 5.73. The second-order valence-electron chi connectivity index (χ2n) is 4.36. The summed E-state index contributed by atoms with van der Waals surface area (Å²) in [7, 11) is 0.